The molecule has 0 aromatic heterocycles. The zero-order valence-electron chi connectivity index (χ0n) is 20.8. The first-order chi connectivity index (χ1) is 18.2. The molecule has 0 aliphatic carbocycles. The summed E-state index contributed by atoms with van der Waals surface area (Å²) in [5.41, 5.74) is 2.76. The molecule has 1 N–H and O–H groups in total. The zero-order valence-corrected chi connectivity index (χ0v) is 23.8. The second-order valence-corrected chi connectivity index (χ2v) is 10.5. The number of carboxylic acid groups (broad SMARTS) is 1. The molecule has 3 aromatic rings. The van der Waals surface area contributed by atoms with E-state index in [0.717, 1.165) is 14.7 Å². The number of hydrogen-bond acceptors (Lipinski definition) is 6. The Morgan fingerprint density at radius 2 is 1.92 bits per heavy atom. The van der Waals surface area contributed by atoms with Crippen molar-refractivity contribution in [2.24, 2.45) is 4.99 Å². The van der Waals surface area contributed by atoms with Crippen molar-refractivity contribution in [3.05, 3.63) is 91.1 Å². The number of carboxylic acids is 1. The van der Waals surface area contributed by atoms with Crippen molar-refractivity contribution in [2.45, 2.75) is 20.5 Å². The lowest BCUT2D eigenvalue weighted by atomic mass is 10.1. The average molecular weight is 646 g/mol. The predicted molar refractivity (Wildman–Crippen MR) is 155 cm³/mol. The first-order valence-electron chi connectivity index (χ1n) is 11.6. The second kappa shape index (κ2) is 12.0. The minimum atomic E-state index is -1.03. The Balaban J connectivity index is 1.61. The number of amides is 1. The molecule has 10 heteroatoms. The van der Waals surface area contributed by atoms with Crippen LogP contribution in [0.3, 0.4) is 0 Å². The molecule has 1 aliphatic rings. The molecular weight excluding hydrogens is 622 g/mol. The third-order valence-corrected chi connectivity index (χ3v) is 7.54. The number of amidine groups is 1. The van der Waals surface area contributed by atoms with Gasteiger partial charge in [-0.25, -0.2) is 14.2 Å². The largest absolute Gasteiger partial charge is 0.490 e. The zero-order chi connectivity index (χ0) is 27.4. The van der Waals surface area contributed by atoms with Gasteiger partial charge in [0.05, 0.1) is 26.3 Å². The molecule has 1 saturated heterocycles. The van der Waals surface area contributed by atoms with Crippen molar-refractivity contribution in [1.29, 1.82) is 0 Å². The molecule has 0 saturated carbocycles. The Bertz CT molecular complexity index is 1460. The maximum atomic E-state index is 13.2. The Kier molecular flexibility index (Phi) is 8.72. The number of aromatic carboxylic acids is 1. The Labute approximate surface area is 237 Å². The number of carbonyl (C=O) groups is 2. The van der Waals surface area contributed by atoms with Gasteiger partial charge in [-0.05, 0) is 107 Å². The maximum Gasteiger partial charge on any atom is 0.336 e. The number of nitrogens with zero attached hydrogens (tertiary/aromatic N) is 2. The van der Waals surface area contributed by atoms with Crippen molar-refractivity contribution >= 4 is 63.2 Å². The van der Waals surface area contributed by atoms with Crippen LogP contribution in [0, 0.1) is 16.3 Å². The van der Waals surface area contributed by atoms with Crippen LogP contribution in [-0.4, -0.2) is 40.7 Å². The highest BCUT2D eigenvalue weighted by Crippen LogP contribution is 2.38. The number of ether oxygens (including phenoxy) is 2. The molecular formula is C28H24FIN2O5S. The van der Waals surface area contributed by atoms with Crippen molar-refractivity contribution in [2.75, 3.05) is 13.7 Å². The van der Waals surface area contributed by atoms with E-state index in [-0.39, 0.29) is 23.9 Å². The van der Waals surface area contributed by atoms with Crippen LogP contribution in [0.2, 0.25) is 0 Å². The van der Waals surface area contributed by atoms with Crippen LogP contribution < -0.4 is 9.47 Å². The fraction of sp³-hybridized carbons (Fsp3) is 0.179. The van der Waals surface area contributed by atoms with Gasteiger partial charge < -0.3 is 14.6 Å². The van der Waals surface area contributed by atoms with E-state index >= 15 is 0 Å². The Morgan fingerprint density at radius 1 is 1.18 bits per heavy atom. The highest BCUT2D eigenvalue weighted by molar-refractivity contribution is 14.1. The summed E-state index contributed by atoms with van der Waals surface area (Å²) in [5, 5.41) is 9.84. The van der Waals surface area contributed by atoms with Gasteiger partial charge in [0.15, 0.2) is 16.7 Å². The van der Waals surface area contributed by atoms with Crippen LogP contribution in [0.1, 0.15) is 34.0 Å². The van der Waals surface area contributed by atoms with Crippen LogP contribution in [0.25, 0.3) is 6.08 Å². The third-order valence-electron chi connectivity index (χ3n) is 5.68. The van der Waals surface area contributed by atoms with Crippen molar-refractivity contribution in [3.8, 4) is 11.5 Å². The minimum Gasteiger partial charge on any atom is -0.490 e. The molecule has 4 rings (SSSR count). The highest BCUT2D eigenvalue weighted by Gasteiger charge is 2.31. The van der Waals surface area contributed by atoms with E-state index < -0.39 is 5.97 Å². The topological polar surface area (TPSA) is 88.4 Å². The monoisotopic (exact) mass is 646 g/mol. The highest BCUT2D eigenvalue weighted by atomic mass is 127. The first kappa shape index (κ1) is 27.6. The lowest BCUT2D eigenvalue weighted by Gasteiger charge is -2.15. The molecule has 1 aliphatic heterocycles. The van der Waals surface area contributed by atoms with Gasteiger partial charge in [-0.3, -0.25) is 9.69 Å². The molecule has 1 fully saturated rings. The standard InChI is InChI=1S/C28H24FIN2O5S/c1-4-36-23-13-18(12-21(30)25(23)37-15-17-8-10-19(29)11-9-17)14-24-26(33)32(3)28(38-24)31-22-7-5-6-20(16(22)2)27(34)35/h5-14H,4,15H2,1-3H3,(H,34,35)/b24-14-,31-28?. The summed E-state index contributed by atoms with van der Waals surface area (Å²) in [6, 6.07) is 14.7. The van der Waals surface area contributed by atoms with Gasteiger partial charge in [0.1, 0.15) is 12.4 Å². The number of carbonyl (C=O) groups excluding carboxylic acids is 1. The number of likely N-dealkylation sites (N-methyl/N-ethyl adjacent to an activating group) is 1. The van der Waals surface area contributed by atoms with E-state index in [1.165, 1.54) is 34.9 Å². The quantitative estimate of drug-likeness (QED) is 0.218. The summed E-state index contributed by atoms with van der Waals surface area (Å²) >= 11 is 3.37. The summed E-state index contributed by atoms with van der Waals surface area (Å²) in [4.78, 5) is 31.0. The minimum absolute atomic E-state index is 0.166. The molecule has 38 heavy (non-hydrogen) atoms. The Morgan fingerprint density at radius 3 is 2.61 bits per heavy atom. The van der Waals surface area contributed by atoms with Crippen molar-refractivity contribution in [3.63, 3.8) is 0 Å². The molecule has 196 valence electrons. The summed E-state index contributed by atoms with van der Waals surface area (Å²) < 4.78 is 25.8. The van der Waals surface area contributed by atoms with Crippen LogP contribution in [-0.2, 0) is 11.4 Å². The SMILES string of the molecule is CCOc1cc(/C=C2\SC(=Nc3cccc(C(=O)O)c3C)N(C)C2=O)cc(I)c1OCc1ccc(F)cc1. The summed E-state index contributed by atoms with van der Waals surface area (Å²) in [6.07, 6.45) is 1.76. The average Bonchev–Trinajstić information content (AvgIpc) is 3.13. The second-order valence-electron chi connectivity index (χ2n) is 8.30. The molecule has 1 heterocycles. The number of rotatable bonds is 8. The first-order valence-corrected chi connectivity index (χ1v) is 13.5. The lowest BCUT2D eigenvalue weighted by Crippen LogP contribution is -2.23. The molecule has 0 radical (unpaired) electrons. The van der Waals surface area contributed by atoms with E-state index in [1.807, 2.05) is 19.1 Å². The van der Waals surface area contributed by atoms with Crippen LogP contribution in [0.15, 0.2) is 64.5 Å². The molecule has 0 bridgehead atoms. The number of hydrogen-bond donors (Lipinski definition) is 1. The lowest BCUT2D eigenvalue weighted by molar-refractivity contribution is -0.121. The summed E-state index contributed by atoms with van der Waals surface area (Å²) in [6.45, 7) is 4.23. The van der Waals surface area contributed by atoms with E-state index in [2.05, 4.69) is 27.6 Å². The van der Waals surface area contributed by atoms with Crippen molar-refractivity contribution in [1.82, 2.24) is 4.90 Å². The predicted octanol–water partition coefficient (Wildman–Crippen LogP) is 6.65. The molecule has 0 unspecified atom stereocenters. The van der Waals surface area contributed by atoms with Gasteiger partial charge in [0.25, 0.3) is 5.91 Å². The molecule has 0 spiro atoms. The van der Waals surface area contributed by atoms with Crippen LogP contribution in [0.5, 0.6) is 11.5 Å². The van der Waals surface area contributed by atoms with Crippen LogP contribution >= 0.6 is 34.4 Å². The molecule has 7 nitrogen and oxygen atoms in total. The Hall–Kier alpha value is -3.38. The van der Waals surface area contributed by atoms with E-state index in [0.29, 0.717) is 39.4 Å². The van der Waals surface area contributed by atoms with Gasteiger partial charge in [0, 0.05) is 7.05 Å². The number of benzene rings is 3. The fourth-order valence-electron chi connectivity index (χ4n) is 3.69. The van der Waals surface area contributed by atoms with Gasteiger partial charge in [-0.1, -0.05) is 18.2 Å². The normalized spacial score (nSPS) is 15.4. The van der Waals surface area contributed by atoms with E-state index in [9.17, 15) is 19.1 Å². The van der Waals surface area contributed by atoms with E-state index in [4.69, 9.17) is 9.47 Å². The third kappa shape index (κ3) is 6.18. The number of aliphatic imine (C=N–C) groups is 1. The fourth-order valence-corrected chi connectivity index (χ4v) is 5.45. The molecule has 0 atom stereocenters. The van der Waals surface area contributed by atoms with Gasteiger partial charge >= 0.3 is 5.97 Å². The smallest absolute Gasteiger partial charge is 0.336 e. The number of thioether (sulfide) groups is 1. The van der Waals surface area contributed by atoms with E-state index in [1.54, 1.807) is 44.3 Å². The maximum absolute atomic E-state index is 13.2. The van der Waals surface area contributed by atoms with Gasteiger partial charge in [0.2, 0.25) is 0 Å². The van der Waals surface area contributed by atoms with Crippen molar-refractivity contribution < 1.29 is 28.6 Å². The number of halogens is 2. The van der Waals surface area contributed by atoms with Crippen LogP contribution in [0.4, 0.5) is 10.1 Å². The van der Waals surface area contributed by atoms with Gasteiger partial charge in [-0.2, -0.15) is 0 Å². The van der Waals surface area contributed by atoms with Gasteiger partial charge in [-0.15, -0.1) is 0 Å². The summed E-state index contributed by atoms with van der Waals surface area (Å²) in [5.74, 6) is -0.453. The molecule has 3 aromatic carbocycles. The molecule has 1 amide bonds. The summed E-state index contributed by atoms with van der Waals surface area (Å²) in [7, 11) is 1.63.